The van der Waals surface area contributed by atoms with Crippen LogP contribution in [0, 0.1) is 50.0 Å². The maximum absolute atomic E-state index is 11.2. The van der Waals surface area contributed by atoms with E-state index in [0.29, 0.717) is 0 Å². The molecule has 1 aliphatic rings. The Balaban J connectivity index is 0. The number of carbonyl (C=O) groups excluding carboxylic acids is 1. The average molecular weight is 465 g/mol. The van der Waals surface area contributed by atoms with Crippen molar-refractivity contribution in [3.63, 3.8) is 0 Å². The molecule has 0 bridgehead atoms. The molecule has 0 aliphatic carbocycles. The second-order valence-corrected chi connectivity index (χ2v) is 3.23. The van der Waals surface area contributed by atoms with E-state index in [-0.39, 0.29) is 69.4 Å². The van der Waals surface area contributed by atoms with E-state index in [4.69, 9.17) is 10.8 Å². The van der Waals surface area contributed by atoms with Crippen molar-refractivity contribution >= 4 is 24.3 Å². The first kappa shape index (κ1) is 18.9. The molecule has 1 saturated heterocycles. The first-order chi connectivity index (χ1) is 6.60. The summed E-state index contributed by atoms with van der Waals surface area (Å²) >= 11 is 0. The molecule has 0 unspecified atom stereocenters. The van der Waals surface area contributed by atoms with Gasteiger partial charge in [0, 0.05) is 50.1 Å². The van der Waals surface area contributed by atoms with E-state index in [9.17, 15) is 9.59 Å². The number of ether oxygens (including phenoxy) is 1. The first-order valence-corrected chi connectivity index (χ1v) is 4.31. The molecular formula is C8H14AcClN2O4-. The summed E-state index contributed by atoms with van der Waals surface area (Å²) in [5.74, 6) is -1.95. The Bertz CT molecular complexity index is 254. The number of rotatable bonds is 3. The van der Waals surface area contributed by atoms with Gasteiger partial charge in [-0.2, -0.15) is 0 Å². The van der Waals surface area contributed by atoms with Crippen LogP contribution in [0.25, 0.3) is 5.73 Å². The molecular weight excluding hydrogens is 451 g/mol. The molecule has 0 saturated carbocycles. The molecule has 1 rings (SSSR count). The number of aliphatic carboxylic acids is 1. The molecule has 1 heterocycles. The van der Waals surface area contributed by atoms with Gasteiger partial charge in [0.05, 0.1) is 13.0 Å². The van der Waals surface area contributed by atoms with Crippen LogP contribution in [-0.4, -0.2) is 42.8 Å². The number of carbonyl (C=O) groups is 2. The fraction of sp³-hybridized carbons (Fsp3) is 0.750. The quantitative estimate of drug-likeness (QED) is 0.576. The molecule has 16 heavy (non-hydrogen) atoms. The number of esters is 1. The largest absolute Gasteiger partial charge is 0.676 e. The standard InChI is InChI=1S/C8H13N2O4.Ac.ClH/c1-14-8(13)4-2-5(7(11)12)10-6(4)3-9;;/h4-6,9-10H,2-3H2,1H3,(H,11,12);;1H/q-1;;/t4-,5-,6+;;/m1../s1. The Morgan fingerprint density at radius 2 is 2.12 bits per heavy atom. The molecule has 0 aromatic rings. The molecule has 0 spiro atoms. The van der Waals surface area contributed by atoms with Crippen LogP contribution in [-0.2, 0) is 14.3 Å². The molecule has 0 aromatic carbocycles. The van der Waals surface area contributed by atoms with Crippen molar-refractivity contribution in [1.29, 1.82) is 0 Å². The van der Waals surface area contributed by atoms with Gasteiger partial charge in [0.25, 0.3) is 0 Å². The predicted octanol–water partition coefficient (Wildman–Crippen LogP) is 0.0647. The van der Waals surface area contributed by atoms with Gasteiger partial charge in [-0.15, -0.1) is 19.0 Å². The van der Waals surface area contributed by atoms with Gasteiger partial charge in [-0.3, -0.25) is 9.59 Å². The minimum Gasteiger partial charge on any atom is -0.676 e. The number of carboxylic acids is 1. The van der Waals surface area contributed by atoms with Gasteiger partial charge in [-0.25, -0.2) is 0 Å². The molecule has 0 amide bonds. The average Bonchev–Trinajstić information content (AvgIpc) is 2.60. The van der Waals surface area contributed by atoms with E-state index in [1.165, 1.54) is 7.11 Å². The van der Waals surface area contributed by atoms with E-state index in [0.717, 1.165) is 0 Å². The SMILES string of the molecule is COC(=O)[C@@H]1C[C@H](C(=O)O)N[C@H]1C[NH-].Cl.[Ac]. The molecule has 0 aromatic heterocycles. The second kappa shape index (κ2) is 8.65. The number of hydrogen-bond acceptors (Lipinski definition) is 4. The van der Waals surface area contributed by atoms with Crippen LogP contribution >= 0.6 is 12.4 Å². The van der Waals surface area contributed by atoms with Crippen molar-refractivity contribution in [3.05, 3.63) is 5.73 Å². The first-order valence-electron chi connectivity index (χ1n) is 4.31. The van der Waals surface area contributed by atoms with Gasteiger partial charge in [-0.05, 0) is 6.42 Å². The fourth-order valence-electron chi connectivity index (χ4n) is 1.65. The molecule has 8 heteroatoms. The van der Waals surface area contributed by atoms with Crippen molar-refractivity contribution in [2.75, 3.05) is 13.7 Å². The van der Waals surface area contributed by atoms with E-state index < -0.39 is 29.9 Å². The number of methoxy groups -OCH3 is 1. The van der Waals surface area contributed by atoms with Gasteiger partial charge in [0.15, 0.2) is 0 Å². The van der Waals surface area contributed by atoms with Gasteiger partial charge < -0.3 is 20.9 Å². The number of hydrogen-bond donors (Lipinski definition) is 2. The Kier molecular flexibility index (Phi) is 10.2. The third-order valence-corrected chi connectivity index (χ3v) is 2.41. The van der Waals surface area contributed by atoms with Crippen molar-refractivity contribution in [1.82, 2.24) is 5.32 Å². The summed E-state index contributed by atoms with van der Waals surface area (Å²) in [5, 5.41) is 11.4. The van der Waals surface area contributed by atoms with Gasteiger partial charge in [0.2, 0.25) is 0 Å². The summed E-state index contributed by atoms with van der Waals surface area (Å²) in [4.78, 5) is 21.9. The van der Waals surface area contributed by atoms with Gasteiger partial charge in [-0.1, -0.05) is 0 Å². The van der Waals surface area contributed by atoms with Crippen LogP contribution in [0.2, 0.25) is 0 Å². The normalized spacial score (nSPS) is 27.5. The molecule has 1 fully saturated rings. The Morgan fingerprint density at radius 3 is 2.50 bits per heavy atom. The van der Waals surface area contributed by atoms with Crippen LogP contribution in [0.4, 0.5) is 0 Å². The summed E-state index contributed by atoms with van der Waals surface area (Å²) < 4.78 is 4.54. The van der Waals surface area contributed by atoms with E-state index in [1.807, 2.05) is 0 Å². The summed E-state index contributed by atoms with van der Waals surface area (Å²) in [6.45, 7) is -0.0243. The fourth-order valence-corrected chi connectivity index (χ4v) is 1.65. The minimum absolute atomic E-state index is 0. The van der Waals surface area contributed by atoms with E-state index >= 15 is 0 Å². The molecule has 3 atom stereocenters. The predicted molar refractivity (Wildman–Crippen MR) is 54.9 cm³/mol. The molecule has 3 N–H and O–H groups in total. The Hall–Kier alpha value is 0.592. The Morgan fingerprint density at radius 1 is 1.56 bits per heavy atom. The second-order valence-electron chi connectivity index (χ2n) is 3.23. The third-order valence-electron chi connectivity index (χ3n) is 2.41. The zero-order valence-electron chi connectivity index (χ0n) is 8.80. The monoisotopic (exact) mass is 464 g/mol. The number of halogens is 1. The Labute approximate surface area is 136 Å². The van der Waals surface area contributed by atoms with Crippen molar-refractivity contribution < 1.29 is 63.5 Å². The topological polar surface area (TPSA) is 99.4 Å². The van der Waals surface area contributed by atoms with Crippen LogP contribution in [0.15, 0.2) is 0 Å². The van der Waals surface area contributed by atoms with Crippen LogP contribution < -0.4 is 5.32 Å². The van der Waals surface area contributed by atoms with Crippen molar-refractivity contribution in [3.8, 4) is 0 Å². The number of carboxylic acid groups (broad SMARTS) is 1. The minimum atomic E-state index is -0.991. The smallest absolute Gasteiger partial charge is 0.320 e. The summed E-state index contributed by atoms with van der Waals surface area (Å²) in [5.41, 5.74) is 7.17. The summed E-state index contributed by atoms with van der Waals surface area (Å²) in [7, 11) is 1.26. The van der Waals surface area contributed by atoms with Crippen LogP contribution in [0.1, 0.15) is 6.42 Å². The molecule has 6 nitrogen and oxygen atoms in total. The number of nitrogens with one attached hydrogen (secondary N) is 2. The van der Waals surface area contributed by atoms with Gasteiger partial charge >= 0.3 is 11.9 Å². The maximum Gasteiger partial charge on any atom is 0.320 e. The summed E-state index contributed by atoms with van der Waals surface area (Å²) in [6, 6.07) is -1.15. The zero-order chi connectivity index (χ0) is 10.7. The summed E-state index contributed by atoms with van der Waals surface area (Å²) in [6.07, 6.45) is 0.200. The van der Waals surface area contributed by atoms with Crippen molar-refractivity contribution in [2.45, 2.75) is 18.5 Å². The van der Waals surface area contributed by atoms with Crippen molar-refractivity contribution in [2.24, 2.45) is 5.92 Å². The third kappa shape index (κ3) is 4.46. The molecule has 1 aliphatic heterocycles. The van der Waals surface area contributed by atoms with Gasteiger partial charge in [0.1, 0.15) is 6.04 Å². The van der Waals surface area contributed by atoms with Crippen LogP contribution in [0.5, 0.6) is 0 Å². The van der Waals surface area contributed by atoms with Crippen LogP contribution in [0.3, 0.4) is 0 Å². The van der Waals surface area contributed by atoms with E-state index in [1.54, 1.807) is 0 Å². The zero-order valence-corrected chi connectivity index (χ0v) is 14.4. The van der Waals surface area contributed by atoms with E-state index in [2.05, 4.69) is 10.1 Å². The molecule has 91 valence electrons. The maximum atomic E-state index is 11.2. The molecule has 1 radical (unpaired) electrons.